The van der Waals surface area contributed by atoms with E-state index in [-0.39, 0.29) is 18.5 Å². The second kappa shape index (κ2) is 24.3. The summed E-state index contributed by atoms with van der Waals surface area (Å²) in [6.07, 6.45) is 8.90. The number of aliphatic hydroxyl groups excluding tert-OH is 1. The van der Waals surface area contributed by atoms with Gasteiger partial charge in [-0.25, -0.2) is 14.4 Å². The van der Waals surface area contributed by atoms with Gasteiger partial charge in [0, 0.05) is 17.2 Å². The van der Waals surface area contributed by atoms with E-state index in [2.05, 4.69) is 36.1 Å². The van der Waals surface area contributed by atoms with Crippen LogP contribution in [-0.4, -0.2) is 48.9 Å². The highest BCUT2D eigenvalue weighted by molar-refractivity contribution is 5.88. The van der Waals surface area contributed by atoms with Crippen molar-refractivity contribution in [3.8, 4) is 0 Å². The number of rotatable bonds is 14. The average molecular weight is 517 g/mol. The summed E-state index contributed by atoms with van der Waals surface area (Å²) in [6, 6.07) is 9.96. The molecular formula is C30H44O7. The first-order valence-electron chi connectivity index (χ1n) is 12.4. The number of aliphatic hydroxyl groups is 1. The number of ether oxygens (including phenoxy) is 3. The first-order chi connectivity index (χ1) is 17.6. The van der Waals surface area contributed by atoms with E-state index in [0.29, 0.717) is 30.8 Å². The van der Waals surface area contributed by atoms with E-state index in [4.69, 9.17) is 9.84 Å². The van der Waals surface area contributed by atoms with E-state index < -0.39 is 12.1 Å². The third kappa shape index (κ3) is 24.0. The molecular weight excluding hydrogens is 472 g/mol. The number of hydrogen-bond acceptors (Lipinski definition) is 7. The second-order valence-electron chi connectivity index (χ2n) is 8.06. The van der Waals surface area contributed by atoms with Gasteiger partial charge in [-0.05, 0) is 38.7 Å². The Morgan fingerprint density at radius 1 is 0.946 bits per heavy atom. The molecule has 1 atom stereocenters. The first-order valence-corrected chi connectivity index (χ1v) is 12.4. The van der Waals surface area contributed by atoms with E-state index in [1.165, 1.54) is 6.08 Å². The lowest BCUT2D eigenvalue weighted by Crippen LogP contribution is -2.15. The van der Waals surface area contributed by atoms with Gasteiger partial charge in [-0.1, -0.05) is 88.9 Å². The van der Waals surface area contributed by atoms with E-state index >= 15 is 0 Å². The average Bonchev–Trinajstić information content (AvgIpc) is 2.88. The first kappa shape index (κ1) is 35.7. The molecule has 0 spiro atoms. The lowest BCUT2D eigenvalue weighted by molar-refractivity contribution is -0.141. The highest BCUT2D eigenvalue weighted by Gasteiger charge is 2.06. The molecule has 0 radical (unpaired) electrons. The molecule has 7 heteroatoms. The molecule has 1 N–H and O–H groups in total. The SMILES string of the molecule is C=C(C)C(=O)OCC(C)O.C=C(CC=Cc1ccccc1)C(=O)OCCCC.C=CC(=O)OCCCC. The summed E-state index contributed by atoms with van der Waals surface area (Å²) in [6.45, 7) is 18.6. The van der Waals surface area contributed by atoms with Crippen molar-refractivity contribution < 1.29 is 33.7 Å². The Labute approximate surface area is 222 Å². The maximum absolute atomic E-state index is 11.5. The molecule has 0 aromatic heterocycles. The molecule has 0 heterocycles. The summed E-state index contributed by atoms with van der Waals surface area (Å²) < 4.78 is 14.3. The Kier molecular flexibility index (Phi) is 23.4. The topological polar surface area (TPSA) is 99.1 Å². The largest absolute Gasteiger partial charge is 0.463 e. The van der Waals surface area contributed by atoms with Crippen LogP contribution in [0.5, 0.6) is 0 Å². The highest BCUT2D eigenvalue weighted by Crippen LogP contribution is 2.07. The van der Waals surface area contributed by atoms with Crippen molar-refractivity contribution >= 4 is 24.0 Å². The molecule has 0 aliphatic carbocycles. The summed E-state index contributed by atoms with van der Waals surface area (Å²) in [4.78, 5) is 32.5. The quantitative estimate of drug-likeness (QED) is 0.140. The number of benzene rings is 1. The Balaban J connectivity index is 0. The molecule has 0 fully saturated rings. The molecule has 206 valence electrons. The van der Waals surface area contributed by atoms with Gasteiger partial charge >= 0.3 is 17.9 Å². The molecule has 7 nitrogen and oxygen atoms in total. The van der Waals surface area contributed by atoms with Crippen molar-refractivity contribution in [2.24, 2.45) is 0 Å². The number of esters is 3. The van der Waals surface area contributed by atoms with Crippen LogP contribution < -0.4 is 0 Å². The summed E-state index contributed by atoms with van der Waals surface area (Å²) in [5.41, 5.74) is 1.96. The van der Waals surface area contributed by atoms with Gasteiger partial charge in [0.1, 0.15) is 6.61 Å². The van der Waals surface area contributed by atoms with Gasteiger partial charge in [0.2, 0.25) is 0 Å². The van der Waals surface area contributed by atoms with Gasteiger partial charge < -0.3 is 19.3 Å². The zero-order valence-electron chi connectivity index (χ0n) is 22.9. The van der Waals surface area contributed by atoms with E-state index in [1.807, 2.05) is 49.4 Å². The molecule has 1 rings (SSSR count). The maximum Gasteiger partial charge on any atom is 0.333 e. The lowest BCUT2D eigenvalue weighted by atomic mass is 10.1. The minimum atomic E-state index is -0.608. The zero-order valence-corrected chi connectivity index (χ0v) is 22.9. The van der Waals surface area contributed by atoms with E-state index in [0.717, 1.165) is 31.2 Å². The van der Waals surface area contributed by atoms with E-state index in [9.17, 15) is 14.4 Å². The third-order valence-corrected chi connectivity index (χ3v) is 4.21. The van der Waals surface area contributed by atoms with Crippen molar-refractivity contribution in [1.82, 2.24) is 0 Å². The molecule has 1 aromatic rings. The minimum Gasteiger partial charge on any atom is -0.463 e. The minimum absolute atomic E-state index is 0.0334. The second-order valence-corrected chi connectivity index (χ2v) is 8.06. The summed E-state index contributed by atoms with van der Waals surface area (Å²) in [7, 11) is 0. The van der Waals surface area contributed by atoms with Crippen molar-refractivity contribution in [1.29, 1.82) is 0 Å². The molecule has 0 bridgehead atoms. The lowest BCUT2D eigenvalue weighted by Gasteiger charge is -2.04. The molecule has 0 amide bonds. The predicted molar refractivity (Wildman–Crippen MR) is 149 cm³/mol. The monoisotopic (exact) mass is 516 g/mol. The Morgan fingerprint density at radius 3 is 2.00 bits per heavy atom. The smallest absolute Gasteiger partial charge is 0.333 e. The van der Waals surface area contributed by atoms with Gasteiger partial charge in [-0.3, -0.25) is 0 Å². The summed E-state index contributed by atoms with van der Waals surface area (Å²) in [5, 5.41) is 8.68. The highest BCUT2D eigenvalue weighted by atomic mass is 16.5. The van der Waals surface area contributed by atoms with Crippen LogP contribution in [0.2, 0.25) is 0 Å². The number of allylic oxidation sites excluding steroid dienone is 1. The fraction of sp³-hybridized carbons (Fsp3) is 0.433. The van der Waals surface area contributed by atoms with Crippen LogP contribution in [0.3, 0.4) is 0 Å². The van der Waals surface area contributed by atoms with Gasteiger partial charge in [0.05, 0.1) is 19.3 Å². The van der Waals surface area contributed by atoms with Crippen LogP contribution in [0.4, 0.5) is 0 Å². The zero-order chi connectivity index (χ0) is 28.5. The molecule has 0 saturated carbocycles. The Hall–Kier alpha value is -3.45. The van der Waals surface area contributed by atoms with Crippen molar-refractivity contribution in [2.45, 2.75) is 65.9 Å². The standard InChI is InChI=1S/C16H20O2.C7H12O3.C7H12O2/c1-3-4-13-18-16(17)14(2)9-8-12-15-10-6-5-7-11-15;1-5(2)7(9)10-4-6(3)8;1-3-5-6-9-7(8)4-2/h5-8,10-12H,2-4,9,13H2,1H3;6,8H,1,4H2,2-3H3;4H,2-3,5-6H2,1H3. The van der Waals surface area contributed by atoms with Gasteiger partial charge in [-0.2, -0.15) is 0 Å². The maximum atomic E-state index is 11.5. The number of carbonyl (C=O) groups is 3. The molecule has 1 aromatic carbocycles. The van der Waals surface area contributed by atoms with Crippen LogP contribution in [0, 0.1) is 0 Å². The normalized spacial score (nSPS) is 10.5. The third-order valence-electron chi connectivity index (χ3n) is 4.21. The predicted octanol–water partition coefficient (Wildman–Crippen LogP) is 5.99. The van der Waals surface area contributed by atoms with Gasteiger partial charge in [-0.15, -0.1) is 0 Å². The number of unbranched alkanes of at least 4 members (excludes halogenated alkanes) is 2. The van der Waals surface area contributed by atoms with Crippen LogP contribution in [0.15, 0.2) is 73.4 Å². The van der Waals surface area contributed by atoms with Crippen LogP contribution in [0.25, 0.3) is 6.08 Å². The van der Waals surface area contributed by atoms with E-state index in [1.54, 1.807) is 13.8 Å². The fourth-order valence-corrected chi connectivity index (χ4v) is 2.09. The van der Waals surface area contributed by atoms with Gasteiger partial charge in [0.15, 0.2) is 0 Å². The van der Waals surface area contributed by atoms with Crippen molar-refractivity contribution in [3.05, 3.63) is 78.9 Å². The van der Waals surface area contributed by atoms with Crippen molar-refractivity contribution in [2.75, 3.05) is 19.8 Å². The summed E-state index contributed by atoms with van der Waals surface area (Å²) >= 11 is 0. The number of hydrogen-bond donors (Lipinski definition) is 1. The summed E-state index contributed by atoms with van der Waals surface area (Å²) in [5.74, 6) is -1.08. The van der Waals surface area contributed by atoms with Crippen LogP contribution in [-0.2, 0) is 28.6 Å². The molecule has 37 heavy (non-hydrogen) atoms. The fourth-order valence-electron chi connectivity index (χ4n) is 2.09. The number of carbonyl (C=O) groups excluding carboxylic acids is 3. The molecule has 1 unspecified atom stereocenters. The Morgan fingerprint density at radius 2 is 1.51 bits per heavy atom. The molecule has 0 aliphatic rings. The van der Waals surface area contributed by atoms with Crippen LogP contribution >= 0.6 is 0 Å². The van der Waals surface area contributed by atoms with Crippen molar-refractivity contribution in [3.63, 3.8) is 0 Å². The molecule has 0 aliphatic heterocycles. The molecule has 0 saturated heterocycles. The van der Waals surface area contributed by atoms with Gasteiger partial charge in [0.25, 0.3) is 0 Å². The van der Waals surface area contributed by atoms with Crippen LogP contribution in [0.1, 0.15) is 65.4 Å². The Bertz CT molecular complexity index is 839.